The number of fused-ring (bicyclic) bond motifs is 8. The van der Waals surface area contributed by atoms with Crippen molar-refractivity contribution >= 4 is 43.4 Å². The van der Waals surface area contributed by atoms with Crippen LogP contribution in [0.15, 0.2) is 72.8 Å². The Morgan fingerprint density at radius 2 is 1.05 bits per heavy atom. The third-order valence-electron chi connectivity index (χ3n) is 4.58. The van der Waals surface area contributed by atoms with Crippen LogP contribution in [0.25, 0.3) is 43.4 Å². The summed E-state index contributed by atoms with van der Waals surface area (Å²) in [6, 6.07) is 25.4. The van der Waals surface area contributed by atoms with E-state index in [-0.39, 0.29) is 0 Å². The Morgan fingerprint density at radius 3 is 1.77 bits per heavy atom. The van der Waals surface area contributed by atoms with E-state index >= 15 is 0 Å². The number of hydrogen-bond acceptors (Lipinski definition) is 1. The molecule has 2 N–H and O–H groups in total. The van der Waals surface area contributed by atoms with Crippen molar-refractivity contribution < 1.29 is 0 Å². The minimum absolute atomic E-state index is 1.07. The van der Waals surface area contributed by atoms with Crippen molar-refractivity contribution in [2.24, 2.45) is 0 Å². The van der Waals surface area contributed by atoms with E-state index in [1.165, 1.54) is 32.3 Å². The average Bonchev–Trinajstić information content (AvgIpc) is 2.89. The minimum Gasteiger partial charge on any atom is -0.339 e. The van der Waals surface area contributed by atoms with Crippen molar-refractivity contribution in [3.8, 4) is 0 Å². The molecule has 0 radical (unpaired) electrons. The molecule has 2 nitrogen and oxygen atoms in total. The third-order valence-corrected chi connectivity index (χ3v) is 4.58. The first-order chi connectivity index (χ1) is 10.9. The van der Waals surface area contributed by atoms with E-state index in [0.29, 0.717) is 0 Å². The SMILES string of the molecule is Nn1c2ccccc2c2c3ccccc3c3ccccc3c21. The molecule has 0 spiro atoms. The van der Waals surface area contributed by atoms with Crippen LogP contribution in [0.5, 0.6) is 0 Å². The van der Waals surface area contributed by atoms with E-state index in [4.69, 9.17) is 5.84 Å². The van der Waals surface area contributed by atoms with Crippen LogP contribution in [-0.4, -0.2) is 4.68 Å². The van der Waals surface area contributed by atoms with E-state index < -0.39 is 0 Å². The van der Waals surface area contributed by atoms with Gasteiger partial charge in [0.05, 0.1) is 11.0 Å². The standard InChI is InChI=1S/C20H14N2/c21-22-18-12-6-5-11-17(18)19-15-9-3-1-7-13(15)14-8-2-4-10-16(14)20(19)22/h1-12H,21H2. The van der Waals surface area contributed by atoms with Gasteiger partial charge in [-0.05, 0) is 22.2 Å². The van der Waals surface area contributed by atoms with E-state index in [1.54, 1.807) is 0 Å². The maximum atomic E-state index is 6.45. The van der Waals surface area contributed by atoms with Crippen molar-refractivity contribution in [1.29, 1.82) is 0 Å². The molecule has 1 aromatic heterocycles. The van der Waals surface area contributed by atoms with Crippen LogP contribution in [0.2, 0.25) is 0 Å². The molecule has 104 valence electrons. The number of aromatic nitrogens is 1. The molecule has 0 aliphatic rings. The normalized spacial score (nSPS) is 11.8. The van der Waals surface area contributed by atoms with Gasteiger partial charge in [0.25, 0.3) is 0 Å². The van der Waals surface area contributed by atoms with Crippen LogP contribution in [0.3, 0.4) is 0 Å². The summed E-state index contributed by atoms with van der Waals surface area (Å²) in [4.78, 5) is 0. The van der Waals surface area contributed by atoms with Gasteiger partial charge in [0.15, 0.2) is 0 Å². The molecule has 0 aliphatic heterocycles. The molecule has 5 rings (SSSR count). The Labute approximate surface area is 127 Å². The lowest BCUT2D eigenvalue weighted by atomic mass is 9.97. The van der Waals surface area contributed by atoms with Gasteiger partial charge in [0.1, 0.15) is 0 Å². The van der Waals surface area contributed by atoms with E-state index in [1.807, 2.05) is 10.7 Å². The summed E-state index contributed by atoms with van der Waals surface area (Å²) < 4.78 is 1.83. The van der Waals surface area contributed by atoms with Crippen molar-refractivity contribution in [3.63, 3.8) is 0 Å². The Bertz CT molecular complexity index is 1180. The van der Waals surface area contributed by atoms with Gasteiger partial charge >= 0.3 is 0 Å². The Morgan fingerprint density at radius 1 is 0.545 bits per heavy atom. The molecule has 0 bridgehead atoms. The second-order valence-corrected chi connectivity index (χ2v) is 5.70. The first-order valence-corrected chi connectivity index (χ1v) is 7.44. The van der Waals surface area contributed by atoms with Crippen LogP contribution < -0.4 is 5.84 Å². The summed E-state index contributed by atoms with van der Waals surface area (Å²) in [6.45, 7) is 0. The highest BCUT2D eigenvalue weighted by atomic mass is 15.3. The number of nitrogens with two attached hydrogens (primary N) is 1. The maximum absolute atomic E-state index is 6.45. The van der Waals surface area contributed by atoms with Crippen LogP contribution in [0.4, 0.5) is 0 Å². The first kappa shape index (κ1) is 11.6. The lowest BCUT2D eigenvalue weighted by Crippen LogP contribution is -2.07. The fourth-order valence-electron chi connectivity index (χ4n) is 3.66. The molecule has 2 heteroatoms. The van der Waals surface area contributed by atoms with Gasteiger partial charge in [0.2, 0.25) is 0 Å². The number of nitrogen functional groups attached to an aromatic ring is 1. The van der Waals surface area contributed by atoms with Gasteiger partial charge in [-0.2, -0.15) is 0 Å². The number of benzene rings is 4. The summed E-state index contributed by atoms with van der Waals surface area (Å²) in [5.74, 6) is 6.45. The van der Waals surface area contributed by atoms with Crippen LogP contribution in [-0.2, 0) is 0 Å². The zero-order chi connectivity index (χ0) is 14.7. The molecule has 22 heavy (non-hydrogen) atoms. The number of para-hydroxylation sites is 1. The smallest absolute Gasteiger partial charge is 0.0788 e. The van der Waals surface area contributed by atoms with E-state index in [0.717, 1.165) is 11.0 Å². The molecule has 0 saturated carbocycles. The number of nitrogens with zero attached hydrogens (tertiary/aromatic N) is 1. The van der Waals surface area contributed by atoms with Crippen molar-refractivity contribution in [3.05, 3.63) is 72.8 Å². The van der Waals surface area contributed by atoms with Gasteiger partial charge < -0.3 is 5.84 Å². The van der Waals surface area contributed by atoms with Crippen LogP contribution in [0, 0.1) is 0 Å². The van der Waals surface area contributed by atoms with Crippen molar-refractivity contribution in [2.45, 2.75) is 0 Å². The van der Waals surface area contributed by atoms with Gasteiger partial charge in [0, 0.05) is 16.2 Å². The Balaban J connectivity index is 2.29. The molecule has 1 heterocycles. The molecule has 0 saturated heterocycles. The second kappa shape index (κ2) is 4.01. The molecule has 0 amide bonds. The topological polar surface area (TPSA) is 30.9 Å². The highest BCUT2D eigenvalue weighted by Gasteiger charge is 2.15. The fraction of sp³-hybridized carbons (Fsp3) is 0. The second-order valence-electron chi connectivity index (χ2n) is 5.70. The third kappa shape index (κ3) is 1.29. The van der Waals surface area contributed by atoms with Crippen molar-refractivity contribution in [2.75, 3.05) is 5.84 Å². The Kier molecular flexibility index (Phi) is 2.12. The number of hydrogen-bond donors (Lipinski definition) is 1. The summed E-state index contributed by atoms with van der Waals surface area (Å²) in [6.07, 6.45) is 0. The van der Waals surface area contributed by atoms with Gasteiger partial charge in [-0.3, -0.25) is 4.68 Å². The lowest BCUT2D eigenvalue weighted by Gasteiger charge is -2.08. The summed E-state index contributed by atoms with van der Waals surface area (Å²) in [5, 5.41) is 7.45. The van der Waals surface area contributed by atoms with Crippen LogP contribution in [0.1, 0.15) is 0 Å². The maximum Gasteiger partial charge on any atom is 0.0788 e. The summed E-state index contributed by atoms with van der Waals surface area (Å²) in [7, 11) is 0. The quantitative estimate of drug-likeness (QED) is 0.320. The molecule has 0 unspecified atom stereocenters. The van der Waals surface area contributed by atoms with Crippen molar-refractivity contribution in [1.82, 2.24) is 4.68 Å². The average molecular weight is 282 g/mol. The molecule has 0 fully saturated rings. The van der Waals surface area contributed by atoms with E-state index in [2.05, 4.69) is 66.7 Å². The fourth-order valence-corrected chi connectivity index (χ4v) is 3.66. The molecular formula is C20H14N2. The monoisotopic (exact) mass is 282 g/mol. The van der Waals surface area contributed by atoms with Gasteiger partial charge in [-0.15, -0.1) is 0 Å². The highest BCUT2D eigenvalue weighted by molar-refractivity contribution is 6.31. The predicted molar refractivity (Wildman–Crippen MR) is 94.6 cm³/mol. The minimum atomic E-state index is 1.07. The van der Waals surface area contributed by atoms with Gasteiger partial charge in [-0.25, -0.2) is 0 Å². The van der Waals surface area contributed by atoms with Crippen LogP contribution >= 0.6 is 0 Å². The number of rotatable bonds is 0. The Hall–Kier alpha value is -3.00. The van der Waals surface area contributed by atoms with E-state index in [9.17, 15) is 0 Å². The molecular weight excluding hydrogens is 268 g/mol. The molecule has 4 aromatic carbocycles. The van der Waals surface area contributed by atoms with Gasteiger partial charge in [-0.1, -0.05) is 66.7 Å². The molecule has 5 aromatic rings. The zero-order valence-electron chi connectivity index (χ0n) is 12.0. The highest BCUT2D eigenvalue weighted by Crippen LogP contribution is 2.39. The molecule has 0 atom stereocenters. The lowest BCUT2D eigenvalue weighted by molar-refractivity contribution is 1.13. The summed E-state index contributed by atoms with van der Waals surface area (Å²) in [5.41, 5.74) is 2.18. The molecule has 0 aliphatic carbocycles. The summed E-state index contributed by atoms with van der Waals surface area (Å²) >= 11 is 0. The first-order valence-electron chi connectivity index (χ1n) is 7.44. The largest absolute Gasteiger partial charge is 0.339 e. The zero-order valence-corrected chi connectivity index (χ0v) is 12.0. The predicted octanol–water partition coefficient (Wildman–Crippen LogP) is 4.81.